The number of nitrogens with one attached hydrogen (secondary N) is 1. The van der Waals surface area contributed by atoms with Crippen molar-refractivity contribution >= 4 is 23.3 Å². The van der Waals surface area contributed by atoms with Crippen LogP contribution in [0.4, 0.5) is 5.69 Å². The maximum absolute atomic E-state index is 12.4. The molecule has 1 aliphatic heterocycles. The van der Waals surface area contributed by atoms with Gasteiger partial charge in [0.05, 0.1) is 25.5 Å². The van der Waals surface area contributed by atoms with Gasteiger partial charge in [0, 0.05) is 12.1 Å². The number of nitrogens with zero attached hydrogens (tertiary/aromatic N) is 1. The normalized spacial score (nSPS) is 16.2. The molecule has 1 aliphatic rings. The Morgan fingerprint density at radius 3 is 2.80 bits per heavy atom. The standard InChI is InChI=1S/C17H22N2O6/c1-11(21)13-3-4-15-14(9-13)19(17(23)12(2)25-15)10-16(22)18-5-7-24-8-6-20/h3-4,9,12,20H,5-8,10H2,1-2H3,(H,18,22). The quantitative estimate of drug-likeness (QED) is 0.510. The fraction of sp³-hybridized carbons (Fsp3) is 0.471. The molecular weight excluding hydrogens is 328 g/mol. The summed E-state index contributed by atoms with van der Waals surface area (Å²) >= 11 is 0. The van der Waals surface area contributed by atoms with Crippen LogP contribution in [0.3, 0.4) is 0 Å². The van der Waals surface area contributed by atoms with Crippen molar-refractivity contribution in [2.75, 3.05) is 37.8 Å². The van der Waals surface area contributed by atoms with Crippen molar-refractivity contribution in [1.82, 2.24) is 5.32 Å². The number of hydrogen-bond acceptors (Lipinski definition) is 6. The van der Waals surface area contributed by atoms with Crippen LogP contribution >= 0.6 is 0 Å². The van der Waals surface area contributed by atoms with Gasteiger partial charge in [0.2, 0.25) is 5.91 Å². The van der Waals surface area contributed by atoms with E-state index in [1.165, 1.54) is 11.8 Å². The second kappa shape index (κ2) is 8.59. The van der Waals surface area contributed by atoms with E-state index in [1.807, 2.05) is 0 Å². The minimum absolute atomic E-state index is 0.0800. The highest BCUT2D eigenvalue weighted by molar-refractivity contribution is 6.05. The van der Waals surface area contributed by atoms with Crippen molar-refractivity contribution in [2.45, 2.75) is 20.0 Å². The van der Waals surface area contributed by atoms with Crippen LogP contribution in [0.2, 0.25) is 0 Å². The number of fused-ring (bicyclic) bond motifs is 1. The number of benzene rings is 1. The predicted molar refractivity (Wildman–Crippen MR) is 89.8 cm³/mol. The highest BCUT2D eigenvalue weighted by Gasteiger charge is 2.33. The largest absolute Gasteiger partial charge is 0.479 e. The van der Waals surface area contributed by atoms with Crippen molar-refractivity contribution in [1.29, 1.82) is 0 Å². The summed E-state index contributed by atoms with van der Waals surface area (Å²) in [5, 5.41) is 11.3. The van der Waals surface area contributed by atoms with Gasteiger partial charge in [-0.3, -0.25) is 19.3 Å². The van der Waals surface area contributed by atoms with E-state index in [0.717, 1.165) is 0 Å². The number of carbonyl (C=O) groups excluding carboxylic acids is 3. The summed E-state index contributed by atoms with van der Waals surface area (Å²) in [5.74, 6) is -0.385. The molecule has 0 aliphatic carbocycles. The van der Waals surface area contributed by atoms with Gasteiger partial charge >= 0.3 is 0 Å². The predicted octanol–water partition coefficient (Wildman–Crippen LogP) is 0.128. The minimum atomic E-state index is -0.712. The first kappa shape index (κ1) is 18.9. The Balaban J connectivity index is 2.08. The number of rotatable bonds is 8. The summed E-state index contributed by atoms with van der Waals surface area (Å²) in [5.41, 5.74) is 0.843. The molecule has 2 amide bonds. The van der Waals surface area contributed by atoms with E-state index >= 15 is 0 Å². The smallest absolute Gasteiger partial charge is 0.268 e. The van der Waals surface area contributed by atoms with E-state index < -0.39 is 6.10 Å². The molecule has 0 bridgehead atoms. The summed E-state index contributed by atoms with van der Waals surface area (Å²) in [4.78, 5) is 37.4. The van der Waals surface area contributed by atoms with Gasteiger partial charge in [0.15, 0.2) is 11.9 Å². The highest BCUT2D eigenvalue weighted by atomic mass is 16.5. The van der Waals surface area contributed by atoms with Crippen LogP contribution in [0.5, 0.6) is 5.75 Å². The molecular formula is C17H22N2O6. The Hall–Kier alpha value is -2.45. The van der Waals surface area contributed by atoms with Crippen molar-refractivity contribution in [3.63, 3.8) is 0 Å². The minimum Gasteiger partial charge on any atom is -0.479 e. The van der Waals surface area contributed by atoms with Gasteiger partial charge in [0.1, 0.15) is 12.3 Å². The van der Waals surface area contributed by atoms with E-state index in [-0.39, 0.29) is 50.5 Å². The lowest BCUT2D eigenvalue weighted by molar-refractivity contribution is -0.128. The SMILES string of the molecule is CC(=O)c1ccc2c(c1)N(CC(=O)NCCOCCO)C(=O)C(C)O2. The van der Waals surface area contributed by atoms with Crippen LogP contribution in [0.25, 0.3) is 0 Å². The summed E-state index contributed by atoms with van der Waals surface area (Å²) < 4.78 is 10.6. The van der Waals surface area contributed by atoms with Crippen molar-refractivity contribution in [2.24, 2.45) is 0 Å². The Bertz CT molecular complexity index is 661. The second-order valence-electron chi connectivity index (χ2n) is 5.61. The molecule has 0 radical (unpaired) electrons. The lowest BCUT2D eigenvalue weighted by atomic mass is 10.1. The number of Topliss-reactive ketones (excluding diaryl/α,β-unsaturated/α-hetero) is 1. The average molecular weight is 350 g/mol. The monoisotopic (exact) mass is 350 g/mol. The van der Waals surface area contributed by atoms with Crippen molar-refractivity contribution in [3.05, 3.63) is 23.8 Å². The molecule has 0 saturated heterocycles. The van der Waals surface area contributed by atoms with Gasteiger partial charge < -0.3 is 19.9 Å². The number of aliphatic hydroxyl groups excluding tert-OH is 1. The molecule has 8 heteroatoms. The van der Waals surface area contributed by atoms with Crippen molar-refractivity contribution in [3.8, 4) is 5.75 Å². The zero-order valence-electron chi connectivity index (χ0n) is 14.3. The van der Waals surface area contributed by atoms with Crippen LogP contribution in [-0.2, 0) is 14.3 Å². The topological polar surface area (TPSA) is 105 Å². The molecule has 0 saturated carbocycles. The van der Waals surface area contributed by atoms with E-state index in [0.29, 0.717) is 17.0 Å². The van der Waals surface area contributed by atoms with Crippen molar-refractivity contribution < 1.29 is 29.0 Å². The molecule has 8 nitrogen and oxygen atoms in total. The maximum atomic E-state index is 12.4. The molecule has 1 unspecified atom stereocenters. The number of aliphatic hydroxyl groups is 1. The molecule has 1 aromatic rings. The molecule has 1 atom stereocenters. The molecule has 136 valence electrons. The summed E-state index contributed by atoms with van der Waals surface area (Å²) in [7, 11) is 0. The molecule has 1 heterocycles. The second-order valence-corrected chi connectivity index (χ2v) is 5.61. The summed E-state index contributed by atoms with van der Waals surface area (Å²) in [6.45, 7) is 3.52. The fourth-order valence-corrected chi connectivity index (χ4v) is 2.42. The lowest BCUT2D eigenvalue weighted by Gasteiger charge is -2.32. The van der Waals surface area contributed by atoms with Gasteiger partial charge in [-0.2, -0.15) is 0 Å². The van der Waals surface area contributed by atoms with Crippen LogP contribution < -0.4 is 15.0 Å². The van der Waals surface area contributed by atoms with Crippen LogP contribution in [-0.4, -0.2) is 61.7 Å². The third kappa shape index (κ3) is 4.77. The highest BCUT2D eigenvalue weighted by Crippen LogP contribution is 2.34. The fourth-order valence-electron chi connectivity index (χ4n) is 2.42. The first-order chi connectivity index (χ1) is 11.9. The van der Waals surface area contributed by atoms with Gasteiger partial charge in [-0.25, -0.2) is 0 Å². The molecule has 0 fully saturated rings. The van der Waals surface area contributed by atoms with Gasteiger partial charge in [-0.15, -0.1) is 0 Å². The number of amides is 2. The third-order valence-corrected chi connectivity index (χ3v) is 3.68. The van der Waals surface area contributed by atoms with E-state index in [1.54, 1.807) is 25.1 Å². The molecule has 0 spiro atoms. The first-order valence-electron chi connectivity index (χ1n) is 8.02. The van der Waals surface area contributed by atoms with Gasteiger partial charge in [0.25, 0.3) is 5.91 Å². The number of anilines is 1. The van der Waals surface area contributed by atoms with Gasteiger partial charge in [-0.1, -0.05) is 0 Å². The third-order valence-electron chi connectivity index (χ3n) is 3.68. The molecule has 1 aromatic carbocycles. The maximum Gasteiger partial charge on any atom is 0.268 e. The summed E-state index contributed by atoms with van der Waals surface area (Å²) in [6, 6.07) is 4.81. The van der Waals surface area contributed by atoms with E-state index in [4.69, 9.17) is 14.6 Å². The van der Waals surface area contributed by atoms with Crippen LogP contribution in [0.15, 0.2) is 18.2 Å². The zero-order valence-corrected chi connectivity index (χ0v) is 14.3. The number of ether oxygens (including phenoxy) is 2. The Kier molecular flexibility index (Phi) is 6.49. The Morgan fingerprint density at radius 1 is 1.36 bits per heavy atom. The molecule has 2 N–H and O–H groups in total. The first-order valence-corrected chi connectivity index (χ1v) is 8.02. The van der Waals surface area contributed by atoms with Crippen LogP contribution in [0.1, 0.15) is 24.2 Å². The molecule has 0 aromatic heterocycles. The van der Waals surface area contributed by atoms with E-state index in [9.17, 15) is 14.4 Å². The van der Waals surface area contributed by atoms with Crippen LogP contribution in [0, 0.1) is 0 Å². The lowest BCUT2D eigenvalue weighted by Crippen LogP contribution is -2.49. The zero-order chi connectivity index (χ0) is 18.4. The van der Waals surface area contributed by atoms with Gasteiger partial charge in [-0.05, 0) is 32.0 Å². The van der Waals surface area contributed by atoms with E-state index in [2.05, 4.69) is 5.32 Å². The number of carbonyl (C=O) groups is 3. The molecule has 2 rings (SSSR count). The number of ketones is 1. The Morgan fingerprint density at radius 2 is 2.12 bits per heavy atom. The average Bonchev–Trinajstić information content (AvgIpc) is 2.58. The summed E-state index contributed by atoms with van der Waals surface area (Å²) in [6.07, 6.45) is -0.712. The molecule has 25 heavy (non-hydrogen) atoms. The number of hydrogen-bond donors (Lipinski definition) is 2. The Labute approximate surface area is 145 Å².